The molecule has 39 heavy (non-hydrogen) atoms. The monoisotopic (exact) mass is 541 g/mol. The molecule has 6 atom stereocenters. The fourth-order valence-electron chi connectivity index (χ4n) is 6.14. The van der Waals surface area contributed by atoms with E-state index in [2.05, 4.69) is 15.7 Å². The minimum absolute atomic E-state index is 0.0986. The van der Waals surface area contributed by atoms with Gasteiger partial charge in [-0.25, -0.2) is 14.3 Å². The van der Waals surface area contributed by atoms with Gasteiger partial charge >= 0.3 is 12.3 Å². The van der Waals surface area contributed by atoms with E-state index in [1.807, 2.05) is 30.3 Å². The standard InChI is InChI=1S/C28H30F3N5O3/c29-28(30,31)21-11-20(26(37)32-13-21)12-22-6-7-24-33-23(14-36(24)35-22)25(19-9-17-8-18(17)10-19)34-27(38)39-15-16-4-2-1-3-5-16/h1-7,14,17-21,25H,8-13,15H2,(H,32,37)(H,34,38)/t17-,18+,19?,20?,21-,25+/m1/s1. The SMILES string of the molecule is O=C(N[C@H](c1cn2nc(CC3C[C@@H](C(F)(F)F)CNC3=O)ccc2n1)C1C[C@@H]2C[C@@H]2C1)OCc1ccccc1. The molecule has 3 aliphatic rings. The smallest absolute Gasteiger partial charge is 0.408 e. The summed E-state index contributed by atoms with van der Waals surface area (Å²) in [6.07, 6.45) is -0.0136. The van der Waals surface area contributed by atoms with Crippen molar-refractivity contribution in [2.75, 3.05) is 6.54 Å². The zero-order chi connectivity index (χ0) is 27.1. The number of aromatic nitrogens is 3. The van der Waals surface area contributed by atoms with Crippen molar-refractivity contribution in [2.45, 2.75) is 50.9 Å². The van der Waals surface area contributed by atoms with Crippen molar-refractivity contribution in [1.29, 1.82) is 0 Å². The number of amides is 2. The van der Waals surface area contributed by atoms with E-state index < -0.39 is 24.1 Å². The third-order valence-electron chi connectivity index (χ3n) is 8.33. The fraction of sp³-hybridized carbons (Fsp3) is 0.500. The minimum atomic E-state index is -4.35. The highest BCUT2D eigenvalue weighted by Gasteiger charge is 2.49. The number of rotatable bonds is 7. The van der Waals surface area contributed by atoms with Crippen molar-refractivity contribution in [3.05, 3.63) is 65.6 Å². The Morgan fingerprint density at radius 2 is 1.87 bits per heavy atom. The molecule has 6 rings (SSSR count). The van der Waals surface area contributed by atoms with Crippen LogP contribution in [0.2, 0.25) is 0 Å². The number of nitrogens with zero attached hydrogens (tertiary/aromatic N) is 3. The van der Waals surface area contributed by atoms with Crippen molar-refractivity contribution < 1.29 is 27.5 Å². The molecule has 0 bridgehead atoms. The minimum Gasteiger partial charge on any atom is -0.445 e. The lowest BCUT2D eigenvalue weighted by Crippen LogP contribution is -2.47. The van der Waals surface area contributed by atoms with Gasteiger partial charge in [0.25, 0.3) is 0 Å². The van der Waals surface area contributed by atoms with Gasteiger partial charge in [0, 0.05) is 18.9 Å². The van der Waals surface area contributed by atoms with Crippen molar-refractivity contribution in [3.8, 4) is 0 Å². The average molecular weight is 542 g/mol. The average Bonchev–Trinajstić information content (AvgIpc) is 3.30. The van der Waals surface area contributed by atoms with Crippen molar-refractivity contribution in [3.63, 3.8) is 0 Å². The Labute approximate surface area is 223 Å². The molecule has 0 radical (unpaired) electrons. The van der Waals surface area contributed by atoms with Crippen LogP contribution < -0.4 is 10.6 Å². The van der Waals surface area contributed by atoms with Crippen LogP contribution in [0.3, 0.4) is 0 Å². The number of imidazole rings is 1. The second-order valence-corrected chi connectivity index (χ2v) is 11.1. The Kier molecular flexibility index (Phi) is 6.68. The molecule has 1 aliphatic heterocycles. The number of benzene rings is 1. The molecule has 2 aliphatic carbocycles. The number of ether oxygens (including phenoxy) is 1. The zero-order valence-electron chi connectivity index (χ0n) is 21.2. The van der Waals surface area contributed by atoms with E-state index in [4.69, 9.17) is 9.72 Å². The summed E-state index contributed by atoms with van der Waals surface area (Å²) in [5.41, 5.74) is 2.62. The predicted molar refractivity (Wildman–Crippen MR) is 134 cm³/mol. The molecule has 2 amide bonds. The molecule has 3 fully saturated rings. The molecule has 3 aromatic rings. The first-order chi connectivity index (χ1) is 18.7. The van der Waals surface area contributed by atoms with E-state index in [1.54, 1.807) is 22.8 Å². The van der Waals surface area contributed by atoms with Gasteiger partial charge in [0.15, 0.2) is 5.65 Å². The van der Waals surface area contributed by atoms with E-state index in [0.717, 1.165) is 18.4 Å². The topological polar surface area (TPSA) is 97.6 Å². The summed E-state index contributed by atoms with van der Waals surface area (Å²) in [5.74, 6) is -1.13. The van der Waals surface area contributed by atoms with Gasteiger partial charge in [0.2, 0.25) is 5.91 Å². The second kappa shape index (κ2) is 10.2. The fourth-order valence-corrected chi connectivity index (χ4v) is 6.14. The number of hydrogen-bond donors (Lipinski definition) is 2. The van der Waals surface area contributed by atoms with Crippen LogP contribution >= 0.6 is 0 Å². The first-order valence-corrected chi connectivity index (χ1v) is 13.4. The largest absolute Gasteiger partial charge is 0.445 e. The van der Waals surface area contributed by atoms with Crippen molar-refractivity contribution in [1.82, 2.24) is 25.2 Å². The van der Waals surface area contributed by atoms with E-state index in [1.165, 1.54) is 6.42 Å². The molecule has 2 N–H and O–H groups in total. The van der Waals surface area contributed by atoms with Gasteiger partial charge in [0.1, 0.15) is 6.61 Å². The van der Waals surface area contributed by atoms with Gasteiger partial charge in [-0.3, -0.25) is 4.79 Å². The molecule has 1 saturated heterocycles. The number of carbonyl (C=O) groups excluding carboxylic acids is 2. The highest BCUT2D eigenvalue weighted by Crippen LogP contribution is 2.57. The molecule has 2 unspecified atom stereocenters. The number of halogens is 3. The van der Waals surface area contributed by atoms with Crippen LogP contribution in [0.25, 0.3) is 5.65 Å². The molecule has 11 heteroatoms. The molecular weight excluding hydrogens is 511 g/mol. The van der Waals surface area contributed by atoms with Gasteiger partial charge < -0.3 is 15.4 Å². The molecule has 2 saturated carbocycles. The van der Waals surface area contributed by atoms with Crippen LogP contribution in [0.5, 0.6) is 0 Å². The van der Waals surface area contributed by atoms with E-state index in [0.29, 0.717) is 28.9 Å². The Bertz CT molecular complexity index is 1350. The summed E-state index contributed by atoms with van der Waals surface area (Å²) >= 11 is 0. The maximum Gasteiger partial charge on any atom is 0.408 e. The molecule has 1 aromatic carbocycles. The molecule has 0 spiro atoms. The van der Waals surface area contributed by atoms with Crippen molar-refractivity contribution in [2.24, 2.45) is 29.6 Å². The quantitative estimate of drug-likeness (QED) is 0.456. The van der Waals surface area contributed by atoms with Gasteiger partial charge in [0.05, 0.1) is 29.5 Å². The predicted octanol–water partition coefficient (Wildman–Crippen LogP) is 4.60. The zero-order valence-corrected chi connectivity index (χ0v) is 21.2. The Morgan fingerprint density at radius 3 is 2.62 bits per heavy atom. The Morgan fingerprint density at radius 1 is 1.10 bits per heavy atom. The lowest BCUT2D eigenvalue weighted by Gasteiger charge is -2.30. The highest BCUT2D eigenvalue weighted by molar-refractivity contribution is 5.79. The van der Waals surface area contributed by atoms with Crippen LogP contribution in [0.15, 0.2) is 48.7 Å². The van der Waals surface area contributed by atoms with Gasteiger partial charge in [-0.05, 0) is 61.1 Å². The summed E-state index contributed by atoms with van der Waals surface area (Å²) in [6.45, 7) is -0.226. The lowest BCUT2D eigenvalue weighted by atomic mass is 9.86. The van der Waals surface area contributed by atoms with E-state index in [-0.39, 0.29) is 43.9 Å². The number of fused-ring (bicyclic) bond motifs is 2. The van der Waals surface area contributed by atoms with Gasteiger partial charge in [-0.1, -0.05) is 30.3 Å². The van der Waals surface area contributed by atoms with Crippen LogP contribution in [0.4, 0.5) is 18.0 Å². The molecular formula is C28H30F3N5O3. The van der Waals surface area contributed by atoms with Crippen LogP contribution in [0, 0.1) is 29.6 Å². The Hall–Kier alpha value is -3.63. The van der Waals surface area contributed by atoms with Crippen LogP contribution in [0.1, 0.15) is 48.7 Å². The maximum atomic E-state index is 13.2. The first kappa shape index (κ1) is 25.6. The number of hydrogen-bond acceptors (Lipinski definition) is 5. The normalized spacial score (nSPS) is 27.1. The second-order valence-electron chi connectivity index (χ2n) is 11.1. The molecule has 8 nitrogen and oxygen atoms in total. The third kappa shape index (κ3) is 5.72. The van der Waals surface area contributed by atoms with Gasteiger partial charge in [-0.15, -0.1) is 0 Å². The maximum absolute atomic E-state index is 13.2. The van der Waals surface area contributed by atoms with Gasteiger partial charge in [-0.2, -0.15) is 18.3 Å². The van der Waals surface area contributed by atoms with Crippen LogP contribution in [-0.4, -0.2) is 39.3 Å². The number of nitrogens with one attached hydrogen (secondary N) is 2. The summed E-state index contributed by atoms with van der Waals surface area (Å²) in [4.78, 5) is 29.8. The Balaban J connectivity index is 1.18. The summed E-state index contributed by atoms with van der Waals surface area (Å²) in [5, 5.41) is 9.96. The number of alkyl carbamates (subject to hydrolysis) is 1. The summed E-state index contributed by atoms with van der Waals surface area (Å²) < 4.78 is 46.7. The van der Waals surface area contributed by atoms with Crippen molar-refractivity contribution >= 4 is 17.6 Å². The number of piperidine rings is 1. The lowest BCUT2D eigenvalue weighted by molar-refractivity contribution is -0.183. The van der Waals surface area contributed by atoms with Crippen LogP contribution in [-0.2, 0) is 22.6 Å². The first-order valence-electron chi connectivity index (χ1n) is 13.4. The molecule has 2 aromatic heterocycles. The number of carbonyl (C=O) groups is 2. The summed E-state index contributed by atoms with van der Waals surface area (Å²) in [7, 11) is 0. The third-order valence-corrected chi connectivity index (χ3v) is 8.33. The van der Waals surface area contributed by atoms with E-state index in [9.17, 15) is 22.8 Å². The molecule has 206 valence electrons. The number of alkyl halides is 3. The highest BCUT2D eigenvalue weighted by atomic mass is 19.4. The summed E-state index contributed by atoms with van der Waals surface area (Å²) in [6, 6.07) is 12.5. The molecule has 3 heterocycles. The van der Waals surface area contributed by atoms with E-state index >= 15 is 0 Å².